The zero-order valence-corrected chi connectivity index (χ0v) is 10.5. The van der Waals surface area contributed by atoms with Crippen molar-refractivity contribution in [2.24, 2.45) is 0 Å². The molecule has 1 saturated heterocycles. The normalized spacial score (nSPS) is 26.9. The van der Waals surface area contributed by atoms with E-state index in [9.17, 15) is 0 Å². The number of halogens is 1. The molecule has 1 fully saturated rings. The number of hydrogen-bond acceptors (Lipinski definition) is 1. The van der Waals surface area contributed by atoms with Gasteiger partial charge in [-0.3, -0.25) is 0 Å². The van der Waals surface area contributed by atoms with Crippen molar-refractivity contribution < 1.29 is 4.74 Å². The minimum absolute atomic E-state index is 0.402. The van der Waals surface area contributed by atoms with Crippen LogP contribution >= 0.6 is 11.6 Å². The number of ether oxygens (including phenoxy) is 1. The summed E-state index contributed by atoms with van der Waals surface area (Å²) >= 11 is 6.06. The van der Waals surface area contributed by atoms with E-state index in [4.69, 9.17) is 16.3 Å². The van der Waals surface area contributed by atoms with Crippen molar-refractivity contribution in [1.29, 1.82) is 0 Å². The second kappa shape index (κ2) is 5.70. The van der Waals surface area contributed by atoms with E-state index in [0.717, 1.165) is 6.42 Å². The first-order chi connectivity index (χ1) is 7.79. The SMILES string of the molecule is CC1CCC(CC(CCl)c2ccccc2)O1. The number of benzene rings is 1. The van der Waals surface area contributed by atoms with Crippen LogP contribution in [0.15, 0.2) is 30.3 Å². The van der Waals surface area contributed by atoms with Gasteiger partial charge in [0.15, 0.2) is 0 Å². The Morgan fingerprint density at radius 1 is 1.31 bits per heavy atom. The van der Waals surface area contributed by atoms with Gasteiger partial charge in [-0.1, -0.05) is 30.3 Å². The maximum Gasteiger partial charge on any atom is 0.0586 e. The molecule has 1 nitrogen and oxygen atoms in total. The van der Waals surface area contributed by atoms with Crippen LogP contribution in [-0.2, 0) is 4.74 Å². The first-order valence-electron chi connectivity index (χ1n) is 6.06. The van der Waals surface area contributed by atoms with Crippen LogP contribution in [0.2, 0.25) is 0 Å². The van der Waals surface area contributed by atoms with Crippen LogP contribution < -0.4 is 0 Å². The summed E-state index contributed by atoms with van der Waals surface area (Å²) in [5, 5.41) is 0. The lowest BCUT2D eigenvalue weighted by atomic mass is 9.94. The number of rotatable bonds is 4. The van der Waals surface area contributed by atoms with Gasteiger partial charge in [0.05, 0.1) is 12.2 Å². The largest absolute Gasteiger partial charge is 0.375 e. The fraction of sp³-hybridized carbons (Fsp3) is 0.571. The molecule has 0 aromatic heterocycles. The van der Waals surface area contributed by atoms with Crippen molar-refractivity contribution >= 4 is 11.6 Å². The molecule has 16 heavy (non-hydrogen) atoms. The Morgan fingerprint density at radius 2 is 2.06 bits per heavy atom. The van der Waals surface area contributed by atoms with E-state index < -0.39 is 0 Å². The highest BCUT2D eigenvalue weighted by Crippen LogP contribution is 2.30. The molecule has 0 spiro atoms. The molecule has 2 rings (SSSR count). The van der Waals surface area contributed by atoms with E-state index in [1.54, 1.807) is 0 Å². The van der Waals surface area contributed by atoms with Crippen molar-refractivity contribution in [1.82, 2.24) is 0 Å². The van der Waals surface area contributed by atoms with Crippen LogP contribution in [0.4, 0.5) is 0 Å². The van der Waals surface area contributed by atoms with Gasteiger partial charge in [-0.15, -0.1) is 11.6 Å². The fourth-order valence-corrected chi connectivity index (χ4v) is 2.69. The van der Waals surface area contributed by atoms with Crippen LogP contribution in [0, 0.1) is 0 Å². The highest BCUT2D eigenvalue weighted by molar-refractivity contribution is 6.18. The Hall–Kier alpha value is -0.530. The average Bonchev–Trinajstić information content (AvgIpc) is 2.73. The second-order valence-electron chi connectivity index (χ2n) is 4.64. The summed E-state index contributed by atoms with van der Waals surface area (Å²) in [4.78, 5) is 0. The summed E-state index contributed by atoms with van der Waals surface area (Å²) in [6.07, 6.45) is 4.25. The number of hydrogen-bond donors (Lipinski definition) is 0. The molecule has 2 heteroatoms. The minimum Gasteiger partial charge on any atom is -0.375 e. The molecule has 0 amide bonds. The summed E-state index contributed by atoms with van der Waals surface area (Å²) in [5.41, 5.74) is 1.33. The molecule has 1 heterocycles. The van der Waals surface area contributed by atoms with Crippen LogP contribution in [0.5, 0.6) is 0 Å². The number of alkyl halides is 1. The molecule has 0 saturated carbocycles. The summed E-state index contributed by atoms with van der Waals surface area (Å²) < 4.78 is 5.86. The van der Waals surface area contributed by atoms with Crippen LogP contribution in [-0.4, -0.2) is 18.1 Å². The first kappa shape index (κ1) is 11.9. The molecular formula is C14H19ClO. The highest BCUT2D eigenvalue weighted by Gasteiger charge is 2.25. The van der Waals surface area contributed by atoms with Gasteiger partial charge in [0, 0.05) is 5.88 Å². The molecule has 0 bridgehead atoms. The van der Waals surface area contributed by atoms with Crippen molar-refractivity contribution in [3.05, 3.63) is 35.9 Å². The lowest BCUT2D eigenvalue weighted by Crippen LogP contribution is -2.14. The van der Waals surface area contributed by atoms with Gasteiger partial charge < -0.3 is 4.74 Å². The lowest BCUT2D eigenvalue weighted by Gasteiger charge is -2.19. The summed E-state index contributed by atoms with van der Waals surface area (Å²) in [7, 11) is 0. The average molecular weight is 239 g/mol. The quantitative estimate of drug-likeness (QED) is 0.722. The Balaban J connectivity index is 1.96. The zero-order valence-electron chi connectivity index (χ0n) is 9.73. The monoisotopic (exact) mass is 238 g/mol. The van der Waals surface area contributed by atoms with E-state index in [-0.39, 0.29) is 0 Å². The maximum atomic E-state index is 6.06. The smallest absolute Gasteiger partial charge is 0.0586 e. The van der Waals surface area contributed by atoms with E-state index >= 15 is 0 Å². The summed E-state index contributed by atoms with van der Waals surface area (Å²) in [6.45, 7) is 2.15. The predicted octanol–water partition coefficient (Wildman–Crippen LogP) is 3.97. The molecule has 1 aromatic carbocycles. The van der Waals surface area contributed by atoms with Crippen LogP contribution in [0.3, 0.4) is 0 Å². The van der Waals surface area contributed by atoms with Crippen molar-refractivity contribution in [2.45, 2.75) is 44.3 Å². The van der Waals surface area contributed by atoms with Crippen LogP contribution in [0.25, 0.3) is 0 Å². The van der Waals surface area contributed by atoms with Gasteiger partial charge in [-0.2, -0.15) is 0 Å². The summed E-state index contributed by atoms with van der Waals surface area (Å²) in [6, 6.07) is 10.5. The van der Waals surface area contributed by atoms with Gasteiger partial charge in [0.2, 0.25) is 0 Å². The molecule has 0 aliphatic carbocycles. The third kappa shape index (κ3) is 2.99. The Morgan fingerprint density at radius 3 is 2.62 bits per heavy atom. The molecular weight excluding hydrogens is 220 g/mol. The van der Waals surface area contributed by atoms with Crippen molar-refractivity contribution in [3.8, 4) is 0 Å². The predicted molar refractivity (Wildman–Crippen MR) is 68.1 cm³/mol. The van der Waals surface area contributed by atoms with Gasteiger partial charge in [0.25, 0.3) is 0 Å². The van der Waals surface area contributed by atoms with E-state index in [1.807, 2.05) is 6.07 Å². The van der Waals surface area contributed by atoms with E-state index in [1.165, 1.54) is 18.4 Å². The molecule has 1 aromatic rings. The van der Waals surface area contributed by atoms with Crippen molar-refractivity contribution in [3.63, 3.8) is 0 Å². The van der Waals surface area contributed by atoms with Crippen LogP contribution in [0.1, 0.15) is 37.7 Å². The standard InChI is InChI=1S/C14H19ClO/c1-11-7-8-14(16-11)9-13(10-15)12-5-3-2-4-6-12/h2-6,11,13-14H,7-10H2,1H3. The van der Waals surface area contributed by atoms with Gasteiger partial charge in [-0.25, -0.2) is 0 Å². The third-order valence-electron chi connectivity index (χ3n) is 3.32. The lowest BCUT2D eigenvalue weighted by molar-refractivity contribution is 0.0478. The first-order valence-corrected chi connectivity index (χ1v) is 6.59. The minimum atomic E-state index is 0.402. The van der Waals surface area contributed by atoms with Gasteiger partial charge in [0.1, 0.15) is 0 Å². The third-order valence-corrected chi connectivity index (χ3v) is 3.70. The Kier molecular flexibility index (Phi) is 4.25. The second-order valence-corrected chi connectivity index (χ2v) is 4.95. The van der Waals surface area contributed by atoms with Crippen molar-refractivity contribution in [2.75, 3.05) is 5.88 Å². The molecule has 3 atom stereocenters. The van der Waals surface area contributed by atoms with E-state index in [0.29, 0.717) is 24.0 Å². The maximum absolute atomic E-state index is 6.06. The van der Waals surface area contributed by atoms with Gasteiger partial charge >= 0.3 is 0 Å². The van der Waals surface area contributed by atoms with Gasteiger partial charge in [-0.05, 0) is 37.7 Å². The highest BCUT2D eigenvalue weighted by atomic mass is 35.5. The Labute approximate surface area is 103 Å². The topological polar surface area (TPSA) is 9.23 Å². The summed E-state index contributed by atoms with van der Waals surface area (Å²) in [5.74, 6) is 1.11. The Bertz CT molecular complexity index is 312. The van der Waals surface area contributed by atoms with E-state index in [2.05, 4.69) is 31.2 Å². The molecule has 1 aliphatic rings. The molecule has 0 N–H and O–H groups in total. The molecule has 0 radical (unpaired) electrons. The fourth-order valence-electron chi connectivity index (χ4n) is 2.39. The molecule has 3 unspecified atom stereocenters. The molecule has 1 aliphatic heterocycles. The zero-order chi connectivity index (χ0) is 11.4. The molecule has 88 valence electrons.